The second-order valence-electron chi connectivity index (χ2n) is 2.80. The highest BCUT2D eigenvalue weighted by Gasteiger charge is 2.03. The van der Waals surface area contributed by atoms with E-state index < -0.39 is 0 Å². The molecule has 1 heterocycles. The second-order valence-corrected chi connectivity index (χ2v) is 3.18. The minimum absolute atomic E-state index is 0.767. The summed E-state index contributed by atoms with van der Waals surface area (Å²) in [7, 11) is 1.96. The predicted octanol–water partition coefficient (Wildman–Crippen LogP) is 0.736. The molecule has 0 spiro atoms. The Morgan fingerprint density at radius 1 is 1.77 bits per heavy atom. The van der Waals surface area contributed by atoms with Gasteiger partial charge in [0, 0.05) is 31.9 Å². The Bertz CT molecular complexity index is 257. The van der Waals surface area contributed by atoms with Gasteiger partial charge in [0.2, 0.25) is 0 Å². The first-order chi connectivity index (χ1) is 6.24. The van der Waals surface area contributed by atoms with Gasteiger partial charge in [0.1, 0.15) is 0 Å². The third-order valence-electron chi connectivity index (χ3n) is 1.65. The van der Waals surface area contributed by atoms with Crippen LogP contribution in [0.1, 0.15) is 12.5 Å². The molecule has 0 unspecified atom stereocenters. The molecule has 0 aromatic carbocycles. The van der Waals surface area contributed by atoms with E-state index in [-0.39, 0.29) is 0 Å². The fraction of sp³-hybridized carbons (Fsp3) is 0.500. The van der Waals surface area contributed by atoms with Crippen LogP contribution >= 0.6 is 12.2 Å². The highest BCUT2D eigenvalue weighted by Crippen LogP contribution is 1.99. The Labute approximate surface area is 83.3 Å². The van der Waals surface area contributed by atoms with Crippen LogP contribution in [0.4, 0.5) is 0 Å². The van der Waals surface area contributed by atoms with Crippen LogP contribution in [-0.4, -0.2) is 33.8 Å². The van der Waals surface area contributed by atoms with Crippen molar-refractivity contribution in [2.75, 3.05) is 13.6 Å². The van der Waals surface area contributed by atoms with Crippen molar-refractivity contribution in [3.8, 4) is 0 Å². The first-order valence-electron chi connectivity index (χ1n) is 4.20. The van der Waals surface area contributed by atoms with Gasteiger partial charge in [0.15, 0.2) is 5.11 Å². The minimum atomic E-state index is 0.767. The van der Waals surface area contributed by atoms with Crippen molar-refractivity contribution < 1.29 is 0 Å². The first kappa shape index (κ1) is 9.98. The molecule has 1 aromatic rings. The van der Waals surface area contributed by atoms with Crippen LogP contribution in [0, 0.1) is 0 Å². The van der Waals surface area contributed by atoms with Crippen molar-refractivity contribution in [2.24, 2.45) is 0 Å². The predicted molar refractivity (Wildman–Crippen MR) is 56.3 cm³/mol. The minimum Gasteiger partial charge on any atom is -0.363 e. The Kier molecular flexibility index (Phi) is 3.70. The molecule has 0 amide bonds. The largest absolute Gasteiger partial charge is 0.363 e. The standard InChI is InChI=1S/C8H14N4S/c1-3-9-8(13)12(2)6-7-4-10-11-5-7/h4-5H,3,6H2,1-2H3,(H,9,13)(H,10,11). The molecule has 2 N–H and O–H groups in total. The third kappa shape index (κ3) is 3.02. The highest BCUT2D eigenvalue weighted by atomic mass is 32.1. The van der Waals surface area contributed by atoms with Gasteiger partial charge < -0.3 is 10.2 Å². The van der Waals surface area contributed by atoms with Gasteiger partial charge in [0.05, 0.1) is 6.20 Å². The van der Waals surface area contributed by atoms with E-state index >= 15 is 0 Å². The van der Waals surface area contributed by atoms with Crippen LogP contribution in [0.3, 0.4) is 0 Å². The fourth-order valence-electron chi connectivity index (χ4n) is 0.996. The van der Waals surface area contributed by atoms with Gasteiger partial charge in [-0.05, 0) is 19.1 Å². The molecule has 5 heteroatoms. The Morgan fingerprint density at radius 2 is 2.54 bits per heavy atom. The zero-order valence-electron chi connectivity index (χ0n) is 7.87. The Balaban J connectivity index is 2.41. The zero-order valence-corrected chi connectivity index (χ0v) is 8.69. The molecule has 0 fully saturated rings. The van der Waals surface area contributed by atoms with Gasteiger partial charge in [0.25, 0.3) is 0 Å². The third-order valence-corrected chi connectivity index (χ3v) is 2.11. The van der Waals surface area contributed by atoms with E-state index in [9.17, 15) is 0 Å². The summed E-state index contributed by atoms with van der Waals surface area (Å²) in [5.41, 5.74) is 1.13. The quantitative estimate of drug-likeness (QED) is 0.703. The van der Waals surface area contributed by atoms with Crippen LogP contribution in [0.2, 0.25) is 0 Å². The van der Waals surface area contributed by atoms with Gasteiger partial charge in [-0.15, -0.1) is 0 Å². The topological polar surface area (TPSA) is 44.0 Å². The van der Waals surface area contributed by atoms with E-state index in [0.29, 0.717) is 0 Å². The fourth-order valence-corrected chi connectivity index (χ4v) is 1.20. The zero-order chi connectivity index (χ0) is 9.68. The molecule has 0 aliphatic carbocycles. The van der Waals surface area contributed by atoms with Crippen molar-refractivity contribution in [1.29, 1.82) is 0 Å². The van der Waals surface area contributed by atoms with Gasteiger partial charge >= 0.3 is 0 Å². The maximum Gasteiger partial charge on any atom is 0.168 e. The first-order valence-corrected chi connectivity index (χ1v) is 4.61. The number of aromatic nitrogens is 2. The summed E-state index contributed by atoms with van der Waals surface area (Å²) in [4.78, 5) is 1.98. The molecular weight excluding hydrogens is 184 g/mol. The highest BCUT2D eigenvalue weighted by molar-refractivity contribution is 7.80. The summed E-state index contributed by atoms with van der Waals surface area (Å²) in [6.07, 6.45) is 3.66. The normalized spacial score (nSPS) is 9.69. The maximum atomic E-state index is 5.13. The summed E-state index contributed by atoms with van der Waals surface area (Å²) in [5.74, 6) is 0. The average Bonchev–Trinajstić information content (AvgIpc) is 2.57. The van der Waals surface area contributed by atoms with Gasteiger partial charge in [-0.3, -0.25) is 5.10 Å². The number of hydrogen-bond donors (Lipinski definition) is 2. The molecule has 0 atom stereocenters. The molecule has 4 nitrogen and oxygen atoms in total. The van der Waals surface area contributed by atoms with Crippen LogP contribution in [-0.2, 0) is 6.54 Å². The summed E-state index contributed by atoms with van der Waals surface area (Å²) in [5, 5.41) is 10.5. The van der Waals surface area contributed by atoms with Gasteiger partial charge in [-0.1, -0.05) is 0 Å². The number of nitrogens with zero attached hydrogens (tertiary/aromatic N) is 2. The van der Waals surface area contributed by atoms with E-state index in [2.05, 4.69) is 15.5 Å². The van der Waals surface area contributed by atoms with Crippen molar-refractivity contribution in [2.45, 2.75) is 13.5 Å². The monoisotopic (exact) mass is 198 g/mol. The lowest BCUT2D eigenvalue weighted by molar-refractivity contribution is 0.491. The number of nitrogens with one attached hydrogen (secondary N) is 2. The number of thiocarbonyl (C=S) groups is 1. The summed E-state index contributed by atoms with van der Waals surface area (Å²) in [6, 6.07) is 0. The van der Waals surface area contributed by atoms with E-state index in [0.717, 1.165) is 23.8 Å². The Hall–Kier alpha value is -1.10. The molecule has 1 rings (SSSR count). The Morgan fingerprint density at radius 3 is 3.08 bits per heavy atom. The SMILES string of the molecule is CCNC(=S)N(C)Cc1cn[nH]c1. The summed E-state index contributed by atoms with van der Waals surface area (Å²) >= 11 is 5.13. The number of H-pyrrole nitrogens is 1. The van der Waals surface area contributed by atoms with Crippen molar-refractivity contribution >= 4 is 17.3 Å². The molecule has 0 aliphatic heterocycles. The van der Waals surface area contributed by atoms with Crippen molar-refractivity contribution in [1.82, 2.24) is 20.4 Å². The van der Waals surface area contributed by atoms with E-state index in [4.69, 9.17) is 12.2 Å². The number of aromatic amines is 1. The molecule has 0 saturated carbocycles. The molecule has 72 valence electrons. The molecule has 0 radical (unpaired) electrons. The molecule has 0 bridgehead atoms. The summed E-state index contributed by atoms with van der Waals surface area (Å²) < 4.78 is 0. The molecule has 0 aliphatic rings. The van der Waals surface area contributed by atoms with Crippen molar-refractivity contribution in [3.05, 3.63) is 18.0 Å². The van der Waals surface area contributed by atoms with E-state index in [1.807, 2.05) is 25.1 Å². The van der Waals surface area contributed by atoms with Crippen LogP contribution in [0.25, 0.3) is 0 Å². The lowest BCUT2D eigenvalue weighted by Crippen LogP contribution is -2.36. The molecule has 1 aromatic heterocycles. The number of rotatable bonds is 3. The molecule has 0 saturated heterocycles. The van der Waals surface area contributed by atoms with Crippen LogP contribution < -0.4 is 5.32 Å². The van der Waals surface area contributed by atoms with E-state index in [1.165, 1.54) is 0 Å². The molecule has 13 heavy (non-hydrogen) atoms. The smallest absolute Gasteiger partial charge is 0.168 e. The van der Waals surface area contributed by atoms with Gasteiger partial charge in [-0.2, -0.15) is 5.10 Å². The lowest BCUT2D eigenvalue weighted by Gasteiger charge is -2.19. The molecular formula is C8H14N4S. The van der Waals surface area contributed by atoms with Crippen molar-refractivity contribution in [3.63, 3.8) is 0 Å². The maximum absolute atomic E-state index is 5.13. The van der Waals surface area contributed by atoms with Crippen LogP contribution in [0.5, 0.6) is 0 Å². The lowest BCUT2D eigenvalue weighted by atomic mass is 10.3. The van der Waals surface area contributed by atoms with Gasteiger partial charge in [-0.25, -0.2) is 0 Å². The van der Waals surface area contributed by atoms with Crippen LogP contribution in [0.15, 0.2) is 12.4 Å². The number of hydrogen-bond acceptors (Lipinski definition) is 2. The average molecular weight is 198 g/mol. The summed E-state index contributed by atoms with van der Waals surface area (Å²) in [6.45, 7) is 3.66. The van der Waals surface area contributed by atoms with E-state index in [1.54, 1.807) is 6.20 Å². The second kappa shape index (κ2) is 4.81.